The van der Waals surface area contributed by atoms with Gasteiger partial charge in [-0.3, -0.25) is 4.99 Å². The summed E-state index contributed by atoms with van der Waals surface area (Å²) < 4.78 is 5.90. The number of ether oxygens (including phenoxy) is 1. The molecular weight excluding hydrogens is 262 g/mol. The lowest BCUT2D eigenvalue weighted by atomic mass is 10.1. The van der Waals surface area contributed by atoms with Gasteiger partial charge in [0.2, 0.25) is 0 Å². The third-order valence-corrected chi connectivity index (χ3v) is 3.51. The predicted molar refractivity (Wildman–Crippen MR) is 87.9 cm³/mol. The standard InChI is InChI=1S/C17H27N3O/c1-12(2)21-16-9-13(3)5-8-15(16)11-20-17(18-4)19-10-14-6-7-14/h5,8-9,12,14H,6-7,10-11H2,1-4H3,(H2,18,19,20). The molecule has 21 heavy (non-hydrogen) atoms. The van der Waals surface area contributed by atoms with Crippen molar-refractivity contribution in [3.63, 3.8) is 0 Å². The van der Waals surface area contributed by atoms with Crippen LogP contribution in [0.1, 0.15) is 37.8 Å². The van der Waals surface area contributed by atoms with Gasteiger partial charge in [0, 0.05) is 25.7 Å². The van der Waals surface area contributed by atoms with E-state index >= 15 is 0 Å². The van der Waals surface area contributed by atoms with Crippen molar-refractivity contribution < 1.29 is 4.74 Å². The Morgan fingerprint density at radius 2 is 2.10 bits per heavy atom. The van der Waals surface area contributed by atoms with Gasteiger partial charge in [0.05, 0.1) is 6.10 Å². The van der Waals surface area contributed by atoms with Gasteiger partial charge in [-0.1, -0.05) is 12.1 Å². The van der Waals surface area contributed by atoms with E-state index in [1.54, 1.807) is 0 Å². The van der Waals surface area contributed by atoms with Gasteiger partial charge in [-0.25, -0.2) is 0 Å². The number of hydrogen-bond acceptors (Lipinski definition) is 2. The Bertz CT molecular complexity index is 493. The number of guanidine groups is 1. The van der Waals surface area contributed by atoms with Crippen molar-refractivity contribution in [1.29, 1.82) is 0 Å². The lowest BCUT2D eigenvalue weighted by Crippen LogP contribution is -2.37. The van der Waals surface area contributed by atoms with E-state index in [-0.39, 0.29) is 6.10 Å². The number of hydrogen-bond donors (Lipinski definition) is 2. The van der Waals surface area contributed by atoms with Crippen molar-refractivity contribution in [2.45, 2.75) is 46.3 Å². The Kier molecular flexibility index (Phi) is 5.48. The Balaban J connectivity index is 1.93. The number of aliphatic imine (C=N–C) groups is 1. The molecule has 1 aliphatic carbocycles. The molecule has 1 fully saturated rings. The SMILES string of the molecule is CN=C(NCc1ccc(C)cc1OC(C)C)NCC1CC1. The van der Waals surface area contributed by atoms with Crippen molar-refractivity contribution in [3.8, 4) is 5.75 Å². The second kappa shape index (κ2) is 7.34. The monoisotopic (exact) mass is 289 g/mol. The number of nitrogens with zero attached hydrogens (tertiary/aromatic N) is 1. The molecule has 0 aromatic heterocycles. The summed E-state index contributed by atoms with van der Waals surface area (Å²) in [5.74, 6) is 2.65. The highest BCUT2D eigenvalue weighted by atomic mass is 16.5. The van der Waals surface area contributed by atoms with E-state index in [1.165, 1.54) is 18.4 Å². The van der Waals surface area contributed by atoms with Crippen molar-refractivity contribution in [3.05, 3.63) is 29.3 Å². The zero-order valence-electron chi connectivity index (χ0n) is 13.6. The summed E-state index contributed by atoms with van der Waals surface area (Å²) in [7, 11) is 1.81. The molecule has 0 amide bonds. The number of benzene rings is 1. The van der Waals surface area contributed by atoms with Crippen LogP contribution in [0.2, 0.25) is 0 Å². The molecule has 1 aromatic carbocycles. The maximum Gasteiger partial charge on any atom is 0.191 e. The molecule has 1 saturated carbocycles. The van der Waals surface area contributed by atoms with Crippen LogP contribution in [-0.4, -0.2) is 25.7 Å². The van der Waals surface area contributed by atoms with E-state index in [1.807, 2.05) is 7.05 Å². The fraction of sp³-hybridized carbons (Fsp3) is 0.588. The maximum atomic E-state index is 5.90. The van der Waals surface area contributed by atoms with E-state index in [2.05, 4.69) is 54.6 Å². The Hall–Kier alpha value is -1.71. The van der Waals surface area contributed by atoms with Crippen LogP contribution in [-0.2, 0) is 6.54 Å². The summed E-state index contributed by atoms with van der Waals surface area (Å²) in [4.78, 5) is 4.26. The second-order valence-electron chi connectivity index (χ2n) is 6.03. The molecule has 0 spiro atoms. The zero-order chi connectivity index (χ0) is 15.2. The van der Waals surface area contributed by atoms with Gasteiger partial charge in [-0.15, -0.1) is 0 Å². The molecule has 116 valence electrons. The van der Waals surface area contributed by atoms with Crippen LogP contribution < -0.4 is 15.4 Å². The summed E-state index contributed by atoms with van der Waals surface area (Å²) >= 11 is 0. The van der Waals surface area contributed by atoms with Gasteiger partial charge in [0.15, 0.2) is 5.96 Å². The van der Waals surface area contributed by atoms with E-state index in [9.17, 15) is 0 Å². The minimum Gasteiger partial charge on any atom is -0.491 e. The molecule has 4 nitrogen and oxygen atoms in total. The van der Waals surface area contributed by atoms with Gasteiger partial charge < -0.3 is 15.4 Å². The fourth-order valence-corrected chi connectivity index (χ4v) is 2.13. The summed E-state index contributed by atoms with van der Waals surface area (Å²) in [5.41, 5.74) is 2.37. The van der Waals surface area contributed by atoms with E-state index in [0.29, 0.717) is 6.54 Å². The van der Waals surface area contributed by atoms with Crippen LogP contribution in [0.5, 0.6) is 5.75 Å². The van der Waals surface area contributed by atoms with E-state index in [0.717, 1.165) is 29.7 Å². The van der Waals surface area contributed by atoms with Gasteiger partial charge in [-0.05, 0) is 51.2 Å². The quantitative estimate of drug-likeness (QED) is 0.625. The highest BCUT2D eigenvalue weighted by molar-refractivity contribution is 5.79. The van der Waals surface area contributed by atoms with Crippen molar-refractivity contribution in [2.24, 2.45) is 10.9 Å². The topological polar surface area (TPSA) is 45.7 Å². The molecule has 2 rings (SSSR count). The number of nitrogens with one attached hydrogen (secondary N) is 2. The van der Waals surface area contributed by atoms with Crippen LogP contribution in [0.15, 0.2) is 23.2 Å². The molecule has 0 saturated heterocycles. The highest BCUT2D eigenvalue weighted by Crippen LogP contribution is 2.27. The van der Waals surface area contributed by atoms with Crippen LogP contribution in [0.4, 0.5) is 0 Å². The molecule has 0 atom stereocenters. The van der Waals surface area contributed by atoms with Gasteiger partial charge in [0.25, 0.3) is 0 Å². The summed E-state index contributed by atoms with van der Waals surface area (Å²) in [5, 5.41) is 6.73. The normalized spacial score (nSPS) is 15.2. The third kappa shape index (κ3) is 5.29. The van der Waals surface area contributed by atoms with Crippen LogP contribution >= 0.6 is 0 Å². The van der Waals surface area contributed by atoms with E-state index in [4.69, 9.17) is 4.74 Å². The minimum atomic E-state index is 0.179. The highest BCUT2D eigenvalue weighted by Gasteiger charge is 2.21. The maximum absolute atomic E-state index is 5.90. The average molecular weight is 289 g/mol. The average Bonchev–Trinajstić information content (AvgIpc) is 3.24. The van der Waals surface area contributed by atoms with Gasteiger partial charge in [0.1, 0.15) is 5.75 Å². The third-order valence-electron chi connectivity index (χ3n) is 3.51. The Morgan fingerprint density at radius 1 is 1.33 bits per heavy atom. The summed E-state index contributed by atoms with van der Waals surface area (Å²) in [6.45, 7) is 7.92. The summed E-state index contributed by atoms with van der Waals surface area (Å²) in [6.07, 6.45) is 2.86. The van der Waals surface area contributed by atoms with Crippen LogP contribution in [0.25, 0.3) is 0 Å². The van der Waals surface area contributed by atoms with Gasteiger partial charge >= 0.3 is 0 Å². The van der Waals surface area contributed by atoms with Crippen molar-refractivity contribution in [1.82, 2.24) is 10.6 Å². The predicted octanol–water partition coefficient (Wildman–Crippen LogP) is 2.86. The molecule has 0 heterocycles. The largest absolute Gasteiger partial charge is 0.491 e. The number of aryl methyl sites for hydroxylation is 1. The lowest BCUT2D eigenvalue weighted by Gasteiger charge is -2.17. The van der Waals surface area contributed by atoms with Crippen LogP contribution in [0, 0.1) is 12.8 Å². The van der Waals surface area contributed by atoms with Gasteiger partial charge in [-0.2, -0.15) is 0 Å². The minimum absolute atomic E-state index is 0.179. The molecule has 2 N–H and O–H groups in total. The smallest absolute Gasteiger partial charge is 0.191 e. The Morgan fingerprint density at radius 3 is 2.71 bits per heavy atom. The molecule has 0 radical (unpaired) electrons. The molecule has 1 aromatic rings. The first-order valence-electron chi connectivity index (χ1n) is 7.79. The first kappa shape index (κ1) is 15.7. The fourth-order valence-electron chi connectivity index (χ4n) is 2.13. The Labute approximate surface area is 128 Å². The first-order chi connectivity index (χ1) is 10.1. The first-order valence-corrected chi connectivity index (χ1v) is 7.79. The van der Waals surface area contributed by atoms with Crippen LogP contribution in [0.3, 0.4) is 0 Å². The van der Waals surface area contributed by atoms with Crippen molar-refractivity contribution >= 4 is 5.96 Å². The molecule has 4 heteroatoms. The number of rotatable bonds is 6. The molecule has 0 unspecified atom stereocenters. The molecular formula is C17H27N3O. The zero-order valence-corrected chi connectivity index (χ0v) is 13.6. The molecule has 1 aliphatic rings. The molecule has 0 bridgehead atoms. The second-order valence-corrected chi connectivity index (χ2v) is 6.03. The van der Waals surface area contributed by atoms with E-state index < -0.39 is 0 Å². The summed E-state index contributed by atoms with van der Waals surface area (Å²) in [6, 6.07) is 6.33. The lowest BCUT2D eigenvalue weighted by molar-refractivity contribution is 0.239. The molecule has 0 aliphatic heterocycles. The van der Waals surface area contributed by atoms with Crippen molar-refractivity contribution in [2.75, 3.05) is 13.6 Å².